The number of methoxy groups -OCH3 is 1. The number of carbonyl (C=O) groups is 2. The normalized spacial score (nSPS) is 9.95. The minimum atomic E-state index is -0.729. The molecule has 0 aliphatic carbocycles. The van der Waals surface area contributed by atoms with E-state index in [0.29, 0.717) is 11.6 Å². The first kappa shape index (κ1) is 16.1. The van der Waals surface area contributed by atoms with Crippen molar-refractivity contribution in [1.29, 1.82) is 0 Å². The van der Waals surface area contributed by atoms with Crippen LogP contribution in [0.4, 0.5) is 10.5 Å². The molecule has 2 aromatic rings. The predicted molar refractivity (Wildman–Crippen MR) is 83.7 cm³/mol. The third kappa shape index (κ3) is 3.87. The van der Waals surface area contributed by atoms with Crippen LogP contribution in [-0.2, 0) is 0 Å². The Morgan fingerprint density at radius 1 is 1.14 bits per heavy atom. The lowest BCUT2D eigenvalue weighted by Crippen LogP contribution is -2.34. The number of nitrogens with one attached hydrogen (secondary N) is 2. The molecule has 1 heterocycles. The zero-order chi connectivity index (χ0) is 16.1. The largest absolute Gasteiger partial charge is 0.481 e. The highest BCUT2D eigenvalue weighted by Gasteiger charge is 2.17. The van der Waals surface area contributed by atoms with Gasteiger partial charge in [-0.15, -0.1) is 0 Å². The number of ether oxygens (including phenoxy) is 1. The number of urea groups is 1. The van der Waals surface area contributed by atoms with Gasteiger partial charge in [-0.2, -0.15) is 0 Å². The SMILES string of the molecule is COc1ccc(NC(=O)NC(=O)c2c(Cl)cccc2Cl)cn1. The van der Waals surface area contributed by atoms with E-state index in [4.69, 9.17) is 27.9 Å². The lowest BCUT2D eigenvalue weighted by Gasteiger charge is -2.09. The Balaban J connectivity index is 2.03. The van der Waals surface area contributed by atoms with Crippen LogP contribution in [0.3, 0.4) is 0 Å². The van der Waals surface area contributed by atoms with E-state index in [-0.39, 0.29) is 15.6 Å². The van der Waals surface area contributed by atoms with E-state index in [1.807, 2.05) is 0 Å². The molecule has 2 rings (SSSR count). The summed E-state index contributed by atoms with van der Waals surface area (Å²) in [7, 11) is 1.48. The van der Waals surface area contributed by atoms with E-state index in [9.17, 15) is 9.59 Å². The number of imide groups is 1. The van der Waals surface area contributed by atoms with Gasteiger partial charge in [0.1, 0.15) is 0 Å². The van der Waals surface area contributed by atoms with Crippen LogP contribution >= 0.6 is 23.2 Å². The van der Waals surface area contributed by atoms with Gasteiger partial charge in [0.25, 0.3) is 5.91 Å². The quantitative estimate of drug-likeness (QED) is 0.898. The number of amides is 3. The molecule has 1 aromatic carbocycles. The Morgan fingerprint density at radius 2 is 1.82 bits per heavy atom. The lowest BCUT2D eigenvalue weighted by atomic mass is 10.2. The highest BCUT2D eigenvalue weighted by molar-refractivity contribution is 6.40. The highest BCUT2D eigenvalue weighted by atomic mass is 35.5. The molecular weight excluding hydrogens is 329 g/mol. The van der Waals surface area contributed by atoms with Crippen LogP contribution in [-0.4, -0.2) is 24.0 Å². The minimum absolute atomic E-state index is 0.0360. The predicted octanol–water partition coefficient (Wildman–Crippen LogP) is 3.36. The van der Waals surface area contributed by atoms with Crippen LogP contribution in [0, 0.1) is 0 Å². The summed E-state index contributed by atoms with van der Waals surface area (Å²) in [6.45, 7) is 0. The fourth-order valence-electron chi connectivity index (χ4n) is 1.62. The van der Waals surface area contributed by atoms with Crippen molar-refractivity contribution >= 4 is 40.8 Å². The summed E-state index contributed by atoms with van der Waals surface area (Å²) in [5.41, 5.74) is 0.435. The van der Waals surface area contributed by atoms with E-state index in [2.05, 4.69) is 15.6 Å². The fraction of sp³-hybridized carbons (Fsp3) is 0.0714. The number of aromatic nitrogens is 1. The number of nitrogens with zero attached hydrogens (tertiary/aromatic N) is 1. The molecule has 22 heavy (non-hydrogen) atoms. The van der Waals surface area contributed by atoms with Crippen molar-refractivity contribution < 1.29 is 14.3 Å². The Hall–Kier alpha value is -2.31. The minimum Gasteiger partial charge on any atom is -0.481 e. The summed E-state index contributed by atoms with van der Waals surface area (Å²) in [4.78, 5) is 27.7. The molecule has 8 heteroatoms. The monoisotopic (exact) mass is 339 g/mol. The van der Waals surface area contributed by atoms with Gasteiger partial charge in [0.15, 0.2) is 0 Å². The van der Waals surface area contributed by atoms with Gasteiger partial charge in [0, 0.05) is 6.07 Å². The van der Waals surface area contributed by atoms with Crippen molar-refractivity contribution in [3.05, 3.63) is 52.1 Å². The summed E-state index contributed by atoms with van der Waals surface area (Å²) in [6, 6.07) is 7.04. The number of hydrogen-bond acceptors (Lipinski definition) is 4. The Labute approximate surface area is 136 Å². The van der Waals surface area contributed by atoms with Gasteiger partial charge in [-0.3, -0.25) is 10.1 Å². The van der Waals surface area contributed by atoms with E-state index in [0.717, 1.165) is 0 Å². The zero-order valence-corrected chi connectivity index (χ0v) is 12.9. The molecule has 1 aromatic heterocycles. The molecule has 0 bridgehead atoms. The van der Waals surface area contributed by atoms with Gasteiger partial charge in [0.05, 0.1) is 34.6 Å². The molecule has 0 aliphatic rings. The summed E-state index contributed by atoms with van der Waals surface area (Å²) in [6.07, 6.45) is 1.39. The summed E-state index contributed by atoms with van der Waals surface area (Å²) < 4.78 is 4.90. The van der Waals surface area contributed by atoms with Crippen molar-refractivity contribution in [2.45, 2.75) is 0 Å². The number of rotatable bonds is 3. The van der Waals surface area contributed by atoms with Crippen molar-refractivity contribution in [3.63, 3.8) is 0 Å². The number of benzene rings is 1. The number of halogens is 2. The zero-order valence-electron chi connectivity index (χ0n) is 11.4. The van der Waals surface area contributed by atoms with E-state index < -0.39 is 11.9 Å². The number of anilines is 1. The maximum atomic E-state index is 12.0. The number of pyridine rings is 1. The third-order valence-corrected chi connectivity index (χ3v) is 3.25. The standard InChI is InChI=1S/C14H11Cl2N3O3/c1-22-11-6-5-8(7-17-11)18-14(21)19-13(20)12-9(15)3-2-4-10(12)16/h2-7H,1H3,(H2,18,19,20,21). The van der Waals surface area contributed by atoms with Crippen LogP contribution in [0.1, 0.15) is 10.4 Å². The molecule has 0 saturated carbocycles. The van der Waals surface area contributed by atoms with E-state index in [1.54, 1.807) is 18.2 Å². The smallest absolute Gasteiger partial charge is 0.326 e. The third-order valence-electron chi connectivity index (χ3n) is 2.62. The maximum absolute atomic E-state index is 12.0. The Morgan fingerprint density at radius 3 is 2.36 bits per heavy atom. The maximum Gasteiger partial charge on any atom is 0.326 e. The first-order chi connectivity index (χ1) is 10.5. The molecule has 0 unspecified atom stereocenters. The van der Waals surface area contributed by atoms with Crippen molar-refractivity contribution in [2.24, 2.45) is 0 Å². The molecule has 6 nitrogen and oxygen atoms in total. The molecule has 0 spiro atoms. The average Bonchev–Trinajstić information content (AvgIpc) is 2.47. The Kier molecular flexibility index (Phi) is 5.19. The van der Waals surface area contributed by atoms with Gasteiger partial charge < -0.3 is 10.1 Å². The Bertz CT molecular complexity index is 685. The molecule has 0 fully saturated rings. The molecule has 0 radical (unpaired) electrons. The molecule has 2 N–H and O–H groups in total. The van der Waals surface area contributed by atoms with Crippen molar-refractivity contribution in [1.82, 2.24) is 10.3 Å². The van der Waals surface area contributed by atoms with E-state index >= 15 is 0 Å². The van der Waals surface area contributed by atoms with Crippen molar-refractivity contribution in [2.75, 3.05) is 12.4 Å². The van der Waals surface area contributed by atoms with Crippen LogP contribution < -0.4 is 15.4 Å². The highest BCUT2D eigenvalue weighted by Crippen LogP contribution is 2.23. The first-order valence-corrected chi connectivity index (χ1v) is 6.83. The summed E-state index contributed by atoms with van der Waals surface area (Å²) >= 11 is 11.8. The first-order valence-electron chi connectivity index (χ1n) is 6.07. The molecule has 3 amide bonds. The van der Waals surface area contributed by atoms with Crippen molar-refractivity contribution in [3.8, 4) is 5.88 Å². The second-order valence-electron chi connectivity index (χ2n) is 4.09. The van der Waals surface area contributed by atoms with Gasteiger partial charge in [0.2, 0.25) is 5.88 Å². The summed E-state index contributed by atoms with van der Waals surface area (Å²) in [5.74, 6) is -0.292. The number of carbonyl (C=O) groups excluding carboxylic acids is 2. The van der Waals surface area contributed by atoms with Gasteiger partial charge in [-0.1, -0.05) is 29.3 Å². The second-order valence-corrected chi connectivity index (χ2v) is 4.91. The van der Waals surface area contributed by atoms with Crippen LogP contribution in [0.5, 0.6) is 5.88 Å². The number of hydrogen-bond donors (Lipinski definition) is 2. The summed E-state index contributed by atoms with van der Waals surface area (Å²) in [5, 5.41) is 4.91. The topological polar surface area (TPSA) is 80.3 Å². The molecule has 114 valence electrons. The van der Waals surface area contributed by atoms with E-state index in [1.165, 1.54) is 25.4 Å². The second kappa shape index (κ2) is 7.11. The molecule has 0 saturated heterocycles. The lowest BCUT2D eigenvalue weighted by molar-refractivity contribution is 0.0967. The van der Waals surface area contributed by atoms with Crippen LogP contribution in [0.25, 0.3) is 0 Å². The van der Waals surface area contributed by atoms with Gasteiger partial charge >= 0.3 is 6.03 Å². The van der Waals surface area contributed by atoms with Crippen LogP contribution in [0.2, 0.25) is 10.0 Å². The average molecular weight is 340 g/mol. The van der Waals surface area contributed by atoms with Gasteiger partial charge in [-0.05, 0) is 18.2 Å². The van der Waals surface area contributed by atoms with Crippen LogP contribution in [0.15, 0.2) is 36.5 Å². The molecule has 0 atom stereocenters. The fourth-order valence-corrected chi connectivity index (χ4v) is 2.19. The molecular formula is C14H11Cl2N3O3. The molecule has 0 aliphatic heterocycles. The van der Waals surface area contributed by atoms with Gasteiger partial charge in [-0.25, -0.2) is 9.78 Å².